The SMILES string of the molecule is CN=C(NCCc1nc(C(F)(F)F)cs1)NCC(C)N(C)C1CC1. The van der Waals surface area contributed by atoms with Crippen LogP contribution in [-0.4, -0.2) is 55.1 Å². The van der Waals surface area contributed by atoms with Gasteiger partial charge in [-0.15, -0.1) is 11.3 Å². The fourth-order valence-corrected chi connectivity index (χ4v) is 3.10. The number of halogens is 3. The van der Waals surface area contributed by atoms with Gasteiger partial charge in [0.05, 0.1) is 5.01 Å². The summed E-state index contributed by atoms with van der Waals surface area (Å²) in [4.78, 5) is 10.1. The van der Waals surface area contributed by atoms with Crippen LogP contribution in [0, 0.1) is 0 Å². The fraction of sp³-hybridized carbons (Fsp3) is 0.733. The Hall–Kier alpha value is -1.35. The molecule has 9 heteroatoms. The molecular weight excluding hydrogens is 339 g/mol. The van der Waals surface area contributed by atoms with Crippen LogP contribution in [0.15, 0.2) is 10.4 Å². The molecular formula is C15H24F3N5S. The summed E-state index contributed by atoms with van der Waals surface area (Å²) in [6.45, 7) is 3.41. The third-order valence-electron chi connectivity index (χ3n) is 4.08. The maximum Gasteiger partial charge on any atom is 0.434 e. The van der Waals surface area contributed by atoms with Gasteiger partial charge in [-0.1, -0.05) is 0 Å². The van der Waals surface area contributed by atoms with E-state index < -0.39 is 11.9 Å². The van der Waals surface area contributed by atoms with E-state index in [-0.39, 0.29) is 0 Å². The van der Waals surface area contributed by atoms with Crippen molar-refractivity contribution in [3.63, 3.8) is 0 Å². The number of thiazole rings is 1. The molecule has 0 radical (unpaired) electrons. The first-order valence-corrected chi connectivity index (χ1v) is 8.87. The van der Waals surface area contributed by atoms with E-state index in [1.807, 2.05) is 0 Å². The zero-order valence-corrected chi connectivity index (χ0v) is 15.0. The zero-order valence-electron chi connectivity index (χ0n) is 14.2. The Balaban J connectivity index is 1.70. The predicted molar refractivity (Wildman–Crippen MR) is 90.4 cm³/mol. The van der Waals surface area contributed by atoms with E-state index in [0.29, 0.717) is 36.0 Å². The Labute approximate surface area is 144 Å². The van der Waals surface area contributed by atoms with Crippen LogP contribution in [0.2, 0.25) is 0 Å². The van der Waals surface area contributed by atoms with Crippen LogP contribution in [-0.2, 0) is 12.6 Å². The molecule has 1 saturated carbocycles. The second-order valence-corrected chi connectivity index (χ2v) is 6.94. The number of hydrogen-bond acceptors (Lipinski definition) is 4. The van der Waals surface area contributed by atoms with Gasteiger partial charge < -0.3 is 10.6 Å². The fourth-order valence-electron chi connectivity index (χ4n) is 2.29. The number of nitrogens with zero attached hydrogens (tertiary/aromatic N) is 3. The molecule has 1 aromatic rings. The lowest BCUT2D eigenvalue weighted by Crippen LogP contribution is -2.45. The van der Waals surface area contributed by atoms with Crippen LogP contribution in [0.4, 0.5) is 13.2 Å². The van der Waals surface area contributed by atoms with Gasteiger partial charge in [-0.05, 0) is 26.8 Å². The van der Waals surface area contributed by atoms with Crippen molar-refractivity contribution >= 4 is 17.3 Å². The van der Waals surface area contributed by atoms with Gasteiger partial charge in [0.15, 0.2) is 11.7 Å². The summed E-state index contributed by atoms with van der Waals surface area (Å²) in [6, 6.07) is 1.09. The number of aromatic nitrogens is 1. The van der Waals surface area contributed by atoms with Crippen molar-refractivity contribution in [1.29, 1.82) is 0 Å². The Morgan fingerprint density at radius 2 is 2.17 bits per heavy atom. The molecule has 0 saturated heterocycles. The van der Waals surface area contributed by atoms with Gasteiger partial charge in [0.1, 0.15) is 0 Å². The number of hydrogen-bond donors (Lipinski definition) is 2. The van der Waals surface area contributed by atoms with Crippen molar-refractivity contribution in [2.75, 3.05) is 27.2 Å². The van der Waals surface area contributed by atoms with Gasteiger partial charge in [0.25, 0.3) is 0 Å². The number of nitrogens with one attached hydrogen (secondary N) is 2. The lowest BCUT2D eigenvalue weighted by Gasteiger charge is -2.25. The van der Waals surface area contributed by atoms with Crippen molar-refractivity contribution in [1.82, 2.24) is 20.5 Å². The maximum atomic E-state index is 12.5. The minimum Gasteiger partial charge on any atom is -0.356 e. The minimum absolute atomic E-state index is 0.393. The highest BCUT2D eigenvalue weighted by atomic mass is 32.1. The largest absolute Gasteiger partial charge is 0.434 e. The summed E-state index contributed by atoms with van der Waals surface area (Å²) >= 11 is 1.03. The predicted octanol–water partition coefficient (Wildman–Crippen LogP) is 2.35. The van der Waals surface area contributed by atoms with Crippen molar-refractivity contribution in [3.05, 3.63) is 16.1 Å². The molecule has 1 unspecified atom stereocenters. The van der Waals surface area contributed by atoms with Crippen molar-refractivity contribution in [3.8, 4) is 0 Å². The molecule has 136 valence electrons. The summed E-state index contributed by atoms with van der Waals surface area (Å²) in [5.41, 5.74) is -0.818. The number of alkyl halides is 3. The van der Waals surface area contributed by atoms with Gasteiger partial charge in [-0.25, -0.2) is 4.98 Å². The van der Waals surface area contributed by atoms with Gasteiger partial charge in [0, 0.05) is 44.0 Å². The second kappa shape index (κ2) is 8.15. The average Bonchev–Trinajstić information content (AvgIpc) is 3.26. The first-order chi connectivity index (χ1) is 11.3. The molecule has 1 aromatic heterocycles. The minimum atomic E-state index is -4.37. The van der Waals surface area contributed by atoms with Crippen LogP contribution in [0.25, 0.3) is 0 Å². The number of likely N-dealkylation sites (N-methyl/N-ethyl adjacent to an activating group) is 1. The number of rotatable bonds is 7. The van der Waals surface area contributed by atoms with Crippen molar-refractivity contribution in [2.45, 2.75) is 44.4 Å². The first-order valence-electron chi connectivity index (χ1n) is 7.99. The summed E-state index contributed by atoms with van der Waals surface area (Å²) in [5.74, 6) is 0.652. The quantitative estimate of drug-likeness (QED) is 0.577. The third-order valence-corrected chi connectivity index (χ3v) is 4.99. The molecule has 24 heavy (non-hydrogen) atoms. The van der Waals surface area contributed by atoms with Crippen molar-refractivity contribution < 1.29 is 13.2 Å². The standard InChI is InChI=1S/C15H24F3N5S/c1-10(23(3)11-4-5-11)8-21-14(19-2)20-7-6-13-22-12(9-24-13)15(16,17)18/h9-11H,4-8H2,1-3H3,(H2,19,20,21). The molecule has 1 atom stereocenters. The molecule has 2 rings (SSSR count). The van der Waals surface area contributed by atoms with Gasteiger partial charge in [-0.2, -0.15) is 13.2 Å². The average molecular weight is 363 g/mol. The van der Waals surface area contributed by atoms with E-state index in [9.17, 15) is 13.2 Å². The molecule has 1 fully saturated rings. The summed E-state index contributed by atoms with van der Waals surface area (Å²) < 4.78 is 37.5. The summed E-state index contributed by atoms with van der Waals surface area (Å²) in [5, 5.41) is 7.88. The first kappa shape index (κ1) is 19.0. The van der Waals surface area contributed by atoms with Crippen LogP contribution >= 0.6 is 11.3 Å². The highest BCUT2D eigenvalue weighted by molar-refractivity contribution is 7.09. The molecule has 5 nitrogen and oxygen atoms in total. The van der Waals surface area contributed by atoms with Crippen LogP contribution in [0.5, 0.6) is 0 Å². The van der Waals surface area contributed by atoms with E-state index in [4.69, 9.17) is 0 Å². The third kappa shape index (κ3) is 5.62. The lowest BCUT2D eigenvalue weighted by molar-refractivity contribution is -0.140. The molecule has 0 spiro atoms. The highest BCUT2D eigenvalue weighted by Crippen LogP contribution is 2.30. The van der Waals surface area contributed by atoms with E-state index in [1.54, 1.807) is 7.05 Å². The Kier molecular flexibility index (Phi) is 6.45. The monoisotopic (exact) mass is 363 g/mol. The molecule has 0 bridgehead atoms. The Bertz CT molecular complexity index is 554. The van der Waals surface area contributed by atoms with Gasteiger partial charge >= 0.3 is 6.18 Å². The molecule has 0 aromatic carbocycles. The summed E-state index contributed by atoms with van der Waals surface area (Å²) in [6.07, 6.45) is -1.41. The van der Waals surface area contributed by atoms with E-state index in [1.165, 1.54) is 12.8 Å². The Morgan fingerprint density at radius 1 is 1.46 bits per heavy atom. The number of guanidine groups is 1. The van der Waals surface area contributed by atoms with Crippen LogP contribution in [0.1, 0.15) is 30.5 Å². The molecule has 2 N–H and O–H groups in total. The lowest BCUT2D eigenvalue weighted by atomic mass is 10.3. The summed E-state index contributed by atoms with van der Waals surface area (Å²) in [7, 11) is 3.80. The maximum absolute atomic E-state index is 12.5. The molecule has 0 amide bonds. The van der Waals surface area contributed by atoms with E-state index >= 15 is 0 Å². The van der Waals surface area contributed by atoms with Gasteiger partial charge in [0.2, 0.25) is 0 Å². The van der Waals surface area contributed by atoms with Crippen LogP contribution < -0.4 is 10.6 Å². The second-order valence-electron chi connectivity index (χ2n) is 6.00. The molecule has 1 heterocycles. The topological polar surface area (TPSA) is 52.6 Å². The van der Waals surface area contributed by atoms with E-state index in [2.05, 4.69) is 39.5 Å². The normalized spacial score (nSPS) is 17.2. The van der Waals surface area contributed by atoms with Crippen LogP contribution in [0.3, 0.4) is 0 Å². The Morgan fingerprint density at radius 3 is 2.71 bits per heavy atom. The highest BCUT2D eigenvalue weighted by Gasteiger charge is 2.33. The molecule has 0 aliphatic heterocycles. The molecule has 1 aliphatic carbocycles. The van der Waals surface area contributed by atoms with Crippen molar-refractivity contribution in [2.24, 2.45) is 4.99 Å². The smallest absolute Gasteiger partial charge is 0.356 e. The molecule has 1 aliphatic rings. The zero-order chi connectivity index (χ0) is 17.7. The van der Waals surface area contributed by atoms with E-state index in [0.717, 1.165) is 23.3 Å². The number of aliphatic imine (C=N–C) groups is 1. The van der Waals surface area contributed by atoms with Gasteiger partial charge in [-0.3, -0.25) is 9.89 Å².